The molecule has 0 spiro atoms. The van der Waals surface area contributed by atoms with Gasteiger partial charge in [0, 0.05) is 0 Å². The van der Waals surface area contributed by atoms with E-state index in [1.165, 1.54) is 19.3 Å². The maximum absolute atomic E-state index is 2.38. The van der Waals surface area contributed by atoms with Gasteiger partial charge in [0.2, 0.25) is 0 Å². The second-order valence-electron chi connectivity index (χ2n) is 4.94. The molecule has 0 heterocycles. The van der Waals surface area contributed by atoms with Crippen LogP contribution >= 0.6 is 0 Å². The summed E-state index contributed by atoms with van der Waals surface area (Å²) >= 11 is 0. The van der Waals surface area contributed by atoms with Gasteiger partial charge in [0.25, 0.3) is 0 Å². The van der Waals surface area contributed by atoms with Crippen molar-refractivity contribution in [2.45, 2.75) is 52.4 Å². The van der Waals surface area contributed by atoms with E-state index in [1.807, 2.05) is 0 Å². The average molecular weight is 166 g/mol. The summed E-state index contributed by atoms with van der Waals surface area (Å²) in [7, 11) is 0. The third-order valence-electron chi connectivity index (χ3n) is 4.33. The van der Waals surface area contributed by atoms with Gasteiger partial charge < -0.3 is 0 Å². The Morgan fingerprint density at radius 1 is 0.917 bits per heavy atom. The first-order valence-corrected chi connectivity index (χ1v) is 5.85. The van der Waals surface area contributed by atoms with Crippen LogP contribution in [0.2, 0.25) is 0 Å². The Bertz CT molecular complexity index is 150. The molecule has 4 unspecified atom stereocenters. The molecule has 2 rings (SSSR count). The van der Waals surface area contributed by atoms with Crippen LogP contribution in [0.4, 0.5) is 0 Å². The predicted molar refractivity (Wildman–Crippen MR) is 53.0 cm³/mol. The van der Waals surface area contributed by atoms with Crippen molar-refractivity contribution >= 4 is 0 Å². The molecule has 0 aromatic heterocycles. The van der Waals surface area contributed by atoms with E-state index < -0.39 is 0 Å². The Morgan fingerprint density at radius 3 is 2.08 bits per heavy atom. The van der Waals surface area contributed by atoms with E-state index in [1.54, 1.807) is 19.3 Å². The third-order valence-corrected chi connectivity index (χ3v) is 4.33. The van der Waals surface area contributed by atoms with Crippen molar-refractivity contribution in [3.63, 3.8) is 0 Å². The summed E-state index contributed by atoms with van der Waals surface area (Å²) < 4.78 is 0. The van der Waals surface area contributed by atoms with Crippen LogP contribution in [0.3, 0.4) is 0 Å². The van der Waals surface area contributed by atoms with Crippen molar-refractivity contribution in [1.82, 2.24) is 0 Å². The van der Waals surface area contributed by atoms with Crippen molar-refractivity contribution < 1.29 is 0 Å². The molecule has 0 N–H and O–H groups in total. The van der Waals surface area contributed by atoms with Gasteiger partial charge in [0.1, 0.15) is 0 Å². The fourth-order valence-electron chi connectivity index (χ4n) is 3.74. The molecule has 4 atom stereocenters. The van der Waals surface area contributed by atoms with E-state index in [0.29, 0.717) is 0 Å². The van der Waals surface area contributed by atoms with Crippen LogP contribution in [0, 0.1) is 23.7 Å². The number of hydrogen-bond donors (Lipinski definition) is 0. The summed E-state index contributed by atoms with van der Waals surface area (Å²) in [4.78, 5) is 0. The normalized spacial score (nSPS) is 45.5. The number of hydrogen-bond acceptors (Lipinski definition) is 0. The fourth-order valence-corrected chi connectivity index (χ4v) is 3.74. The SMILES string of the molecule is CCCC1CC2CC1CC2CC. The summed E-state index contributed by atoms with van der Waals surface area (Å²) in [6.45, 7) is 4.71. The highest BCUT2D eigenvalue weighted by Gasteiger charge is 2.43. The largest absolute Gasteiger partial charge is 0.0654 e. The molecule has 2 aliphatic carbocycles. The quantitative estimate of drug-likeness (QED) is 0.597. The molecule has 0 amide bonds. The maximum Gasteiger partial charge on any atom is -0.0380 e. The van der Waals surface area contributed by atoms with Gasteiger partial charge >= 0.3 is 0 Å². The van der Waals surface area contributed by atoms with Crippen molar-refractivity contribution in [3.05, 3.63) is 0 Å². The lowest BCUT2D eigenvalue weighted by Crippen LogP contribution is -2.16. The van der Waals surface area contributed by atoms with Crippen molar-refractivity contribution in [1.29, 1.82) is 0 Å². The molecule has 0 nitrogen and oxygen atoms in total. The minimum atomic E-state index is 1.11. The van der Waals surface area contributed by atoms with Crippen molar-refractivity contribution in [2.75, 3.05) is 0 Å². The number of fused-ring (bicyclic) bond motifs is 2. The Balaban J connectivity index is 1.89. The minimum absolute atomic E-state index is 1.11. The van der Waals surface area contributed by atoms with E-state index in [9.17, 15) is 0 Å². The maximum atomic E-state index is 2.38. The second kappa shape index (κ2) is 3.40. The molecular formula is C12H22. The summed E-state index contributed by atoms with van der Waals surface area (Å²) in [5.74, 6) is 4.52. The standard InChI is InChI=1S/C12H22/c1-3-5-10-7-11-8-12(10)6-9(11)4-2/h9-12H,3-8H2,1-2H3. The van der Waals surface area contributed by atoms with Gasteiger partial charge in [-0.25, -0.2) is 0 Å². The Hall–Kier alpha value is 0. The van der Waals surface area contributed by atoms with Crippen LogP contribution < -0.4 is 0 Å². The minimum Gasteiger partial charge on any atom is -0.0654 e. The molecule has 0 radical (unpaired) electrons. The molecule has 2 bridgehead atoms. The Morgan fingerprint density at radius 2 is 1.58 bits per heavy atom. The first kappa shape index (κ1) is 8.59. The molecule has 12 heavy (non-hydrogen) atoms. The molecule has 70 valence electrons. The van der Waals surface area contributed by atoms with E-state index in [4.69, 9.17) is 0 Å². The highest BCUT2D eigenvalue weighted by atomic mass is 14.5. The summed E-state index contributed by atoms with van der Waals surface area (Å²) in [6, 6.07) is 0. The zero-order valence-corrected chi connectivity index (χ0v) is 8.55. The van der Waals surface area contributed by atoms with Crippen LogP contribution in [0.5, 0.6) is 0 Å². The van der Waals surface area contributed by atoms with Crippen LogP contribution in [0.1, 0.15) is 52.4 Å². The summed E-state index contributed by atoms with van der Waals surface area (Å²) in [5, 5.41) is 0. The summed E-state index contributed by atoms with van der Waals surface area (Å²) in [6.07, 6.45) is 9.11. The highest BCUT2D eigenvalue weighted by Crippen LogP contribution is 2.53. The lowest BCUT2D eigenvalue weighted by molar-refractivity contribution is 0.240. The van der Waals surface area contributed by atoms with Crippen molar-refractivity contribution in [3.8, 4) is 0 Å². The molecule has 2 fully saturated rings. The van der Waals surface area contributed by atoms with Gasteiger partial charge in [0.15, 0.2) is 0 Å². The summed E-state index contributed by atoms with van der Waals surface area (Å²) in [5.41, 5.74) is 0. The molecule has 0 heteroatoms. The van der Waals surface area contributed by atoms with Gasteiger partial charge in [-0.1, -0.05) is 33.1 Å². The topological polar surface area (TPSA) is 0 Å². The van der Waals surface area contributed by atoms with Gasteiger partial charge in [-0.2, -0.15) is 0 Å². The molecule has 0 aliphatic heterocycles. The average Bonchev–Trinajstić information content (AvgIpc) is 2.62. The molecular weight excluding hydrogens is 144 g/mol. The van der Waals surface area contributed by atoms with Crippen LogP contribution in [-0.4, -0.2) is 0 Å². The Kier molecular flexibility index (Phi) is 2.43. The molecule has 2 aliphatic rings. The molecule has 2 saturated carbocycles. The second-order valence-corrected chi connectivity index (χ2v) is 4.94. The van der Waals surface area contributed by atoms with Gasteiger partial charge in [-0.15, -0.1) is 0 Å². The monoisotopic (exact) mass is 166 g/mol. The zero-order valence-electron chi connectivity index (χ0n) is 8.55. The lowest BCUT2D eigenvalue weighted by atomic mass is 9.79. The molecule has 0 aromatic rings. The first-order chi connectivity index (χ1) is 5.85. The molecule has 0 aromatic carbocycles. The van der Waals surface area contributed by atoms with Crippen LogP contribution in [0.25, 0.3) is 0 Å². The zero-order chi connectivity index (χ0) is 8.55. The highest BCUT2D eigenvalue weighted by molar-refractivity contribution is 4.94. The fraction of sp³-hybridized carbons (Fsp3) is 1.00. The smallest absolute Gasteiger partial charge is 0.0380 e. The predicted octanol–water partition coefficient (Wildman–Crippen LogP) is 3.86. The number of rotatable bonds is 3. The lowest BCUT2D eigenvalue weighted by Gasteiger charge is -2.26. The van der Waals surface area contributed by atoms with E-state index in [0.717, 1.165) is 23.7 Å². The van der Waals surface area contributed by atoms with Crippen LogP contribution in [-0.2, 0) is 0 Å². The van der Waals surface area contributed by atoms with E-state index in [2.05, 4.69) is 13.8 Å². The van der Waals surface area contributed by atoms with E-state index >= 15 is 0 Å². The van der Waals surface area contributed by atoms with Gasteiger partial charge in [-0.3, -0.25) is 0 Å². The Labute approximate surface area is 76.7 Å². The van der Waals surface area contributed by atoms with E-state index in [-0.39, 0.29) is 0 Å². The third kappa shape index (κ3) is 1.30. The van der Waals surface area contributed by atoms with Gasteiger partial charge in [0.05, 0.1) is 0 Å². The van der Waals surface area contributed by atoms with Crippen LogP contribution in [0.15, 0.2) is 0 Å². The van der Waals surface area contributed by atoms with Gasteiger partial charge in [-0.05, 0) is 42.9 Å². The first-order valence-electron chi connectivity index (χ1n) is 5.85. The molecule has 0 saturated heterocycles. The van der Waals surface area contributed by atoms with Crippen molar-refractivity contribution in [2.24, 2.45) is 23.7 Å².